The van der Waals surface area contributed by atoms with Crippen molar-refractivity contribution in [3.63, 3.8) is 0 Å². The molecular formula is C17H16F3NO3S. The zero-order valence-electron chi connectivity index (χ0n) is 13.4. The molecule has 0 bridgehead atoms. The van der Waals surface area contributed by atoms with E-state index in [0.717, 1.165) is 24.3 Å². The molecule has 1 aromatic carbocycles. The molecule has 25 heavy (non-hydrogen) atoms. The SMILES string of the molecule is CC1(C)Oc2ccsc2C(NC(=O)c2ccc(C(F)(F)F)cc2)C1O. The van der Waals surface area contributed by atoms with Crippen LogP contribution in [-0.4, -0.2) is 22.7 Å². The van der Waals surface area contributed by atoms with Crippen LogP contribution >= 0.6 is 11.3 Å². The van der Waals surface area contributed by atoms with Gasteiger partial charge in [-0.1, -0.05) is 0 Å². The predicted molar refractivity (Wildman–Crippen MR) is 86.7 cm³/mol. The largest absolute Gasteiger partial charge is 0.484 e. The highest BCUT2D eigenvalue weighted by Gasteiger charge is 2.44. The van der Waals surface area contributed by atoms with Gasteiger partial charge in [-0.05, 0) is 49.6 Å². The van der Waals surface area contributed by atoms with Gasteiger partial charge >= 0.3 is 6.18 Å². The Morgan fingerprint density at radius 1 is 1.24 bits per heavy atom. The van der Waals surface area contributed by atoms with Gasteiger partial charge in [0.05, 0.1) is 16.5 Å². The van der Waals surface area contributed by atoms with E-state index in [2.05, 4.69) is 5.32 Å². The van der Waals surface area contributed by atoms with Crippen molar-refractivity contribution in [3.05, 3.63) is 51.7 Å². The molecule has 2 aromatic rings. The third kappa shape index (κ3) is 3.36. The maximum atomic E-state index is 12.6. The molecule has 1 aliphatic heterocycles. The van der Waals surface area contributed by atoms with Gasteiger partial charge in [-0.25, -0.2) is 0 Å². The summed E-state index contributed by atoms with van der Waals surface area (Å²) in [6.45, 7) is 3.41. The molecule has 0 saturated heterocycles. The Bertz CT molecular complexity index is 783. The molecule has 4 nitrogen and oxygen atoms in total. The van der Waals surface area contributed by atoms with Gasteiger partial charge in [0.1, 0.15) is 17.5 Å². The number of rotatable bonds is 2. The third-order valence-corrected chi connectivity index (χ3v) is 5.08. The van der Waals surface area contributed by atoms with Crippen LogP contribution < -0.4 is 10.1 Å². The molecule has 1 aromatic heterocycles. The Morgan fingerprint density at radius 2 is 1.88 bits per heavy atom. The molecule has 1 amide bonds. The summed E-state index contributed by atoms with van der Waals surface area (Å²) in [6.07, 6.45) is -5.46. The number of fused-ring (bicyclic) bond motifs is 1. The molecule has 0 aliphatic carbocycles. The lowest BCUT2D eigenvalue weighted by Gasteiger charge is -2.40. The van der Waals surface area contributed by atoms with Crippen LogP contribution in [0.25, 0.3) is 0 Å². The number of nitrogens with one attached hydrogen (secondary N) is 1. The third-order valence-electron chi connectivity index (χ3n) is 4.10. The van der Waals surface area contributed by atoms with Crippen LogP contribution in [0.3, 0.4) is 0 Å². The number of benzene rings is 1. The molecule has 134 valence electrons. The minimum atomic E-state index is -4.46. The summed E-state index contributed by atoms with van der Waals surface area (Å²) in [5, 5.41) is 15.0. The first kappa shape index (κ1) is 17.8. The van der Waals surface area contributed by atoms with Crippen molar-refractivity contribution in [1.82, 2.24) is 5.32 Å². The van der Waals surface area contributed by atoms with Crippen LogP contribution in [0, 0.1) is 0 Å². The Balaban J connectivity index is 1.83. The van der Waals surface area contributed by atoms with Crippen molar-refractivity contribution in [1.29, 1.82) is 0 Å². The average molecular weight is 371 g/mol. The Morgan fingerprint density at radius 3 is 2.48 bits per heavy atom. The van der Waals surface area contributed by atoms with Gasteiger partial charge in [0, 0.05) is 5.56 Å². The molecule has 0 saturated carbocycles. The zero-order valence-corrected chi connectivity index (χ0v) is 14.2. The van der Waals surface area contributed by atoms with Crippen LogP contribution in [0.1, 0.15) is 40.7 Å². The van der Waals surface area contributed by atoms with E-state index < -0.39 is 35.4 Å². The van der Waals surface area contributed by atoms with Crippen LogP contribution in [0.5, 0.6) is 5.75 Å². The number of hydrogen-bond acceptors (Lipinski definition) is 4. The first-order valence-corrected chi connectivity index (χ1v) is 8.40. The van der Waals surface area contributed by atoms with Gasteiger partial charge in [-0.2, -0.15) is 13.2 Å². The Hall–Kier alpha value is -2.06. The molecule has 2 heterocycles. The number of amides is 1. The summed E-state index contributed by atoms with van der Waals surface area (Å²) in [4.78, 5) is 13.1. The number of thiophene rings is 1. The minimum absolute atomic E-state index is 0.0857. The molecule has 2 unspecified atom stereocenters. The van der Waals surface area contributed by atoms with E-state index in [1.165, 1.54) is 11.3 Å². The van der Waals surface area contributed by atoms with Gasteiger partial charge in [0.25, 0.3) is 5.91 Å². The molecule has 8 heteroatoms. The lowest BCUT2D eigenvalue weighted by Crippen LogP contribution is -2.53. The minimum Gasteiger partial charge on any atom is -0.484 e. The highest BCUT2D eigenvalue weighted by Crippen LogP contribution is 2.43. The number of hydrogen-bond donors (Lipinski definition) is 2. The van der Waals surface area contributed by atoms with Gasteiger partial charge in [-0.15, -0.1) is 11.3 Å². The summed E-state index contributed by atoms with van der Waals surface area (Å²) in [5.41, 5.74) is -1.65. The number of carbonyl (C=O) groups is 1. The predicted octanol–water partition coefficient (Wildman–Crippen LogP) is 3.77. The van der Waals surface area contributed by atoms with Gasteiger partial charge in [0.2, 0.25) is 0 Å². The van der Waals surface area contributed by atoms with Crippen LogP contribution in [0.2, 0.25) is 0 Å². The fourth-order valence-electron chi connectivity index (χ4n) is 2.69. The second kappa shape index (κ2) is 6.03. The first-order valence-electron chi connectivity index (χ1n) is 7.52. The quantitative estimate of drug-likeness (QED) is 0.845. The van der Waals surface area contributed by atoms with Crippen molar-refractivity contribution in [3.8, 4) is 5.75 Å². The van der Waals surface area contributed by atoms with E-state index in [1.807, 2.05) is 0 Å². The molecule has 0 radical (unpaired) electrons. The van der Waals surface area contributed by atoms with E-state index in [1.54, 1.807) is 25.3 Å². The van der Waals surface area contributed by atoms with Crippen LogP contribution in [0.4, 0.5) is 13.2 Å². The van der Waals surface area contributed by atoms with Crippen molar-refractivity contribution < 1.29 is 27.8 Å². The van der Waals surface area contributed by atoms with E-state index in [0.29, 0.717) is 10.6 Å². The van der Waals surface area contributed by atoms with Crippen molar-refractivity contribution in [2.45, 2.75) is 37.8 Å². The van der Waals surface area contributed by atoms with Crippen molar-refractivity contribution in [2.75, 3.05) is 0 Å². The van der Waals surface area contributed by atoms with E-state index in [9.17, 15) is 23.1 Å². The summed E-state index contributed by atoms with van der Waals surface area (Å²) in [7, 11) is 0. The van der Waals surface area contributed by atoms with Crippen LogP contribution in [0.15, 0.2) is 35.7 Å². The number of carbonyl (C=O) groups excluding carboxylic acids is 1. The Labute approximate surface area is 146 Å². The smallest absolute Gasteiger partial charge is 0.416 e. The lowest BCUT2D eigenvalue weighted by molar-refractivity contribution is -0.137. The number of aliphatic hydroxyl groups excluding tert-OH is 1. The van der Waals surface area contributed by atoms with E-state index in [-0.39, 0.29) is 5.56 Å². The summed E-state index contributed by atoms with van der Waals surface area (Å²) in [5.74, 6) is 0.0212. The van der Waals surface area contributed by atoms with Crippen molar-refractivity contribution >= 4 is 17.2 Å². The Kier molecular flexibility index (Phi) is 4.28. The number of aliphatic hydroxyl groups is 1. The fourth-order valence-corrected chi connectivity index (χ4v) is 3.59. The molecule has 3 rings (SSSR count). The van der Waals surface area contributed by atoms with Gasteiger partial charge < -0.3 is 15.2 Å². The topological polar surface area (TPSA) is 58.6 Å². The van der Waals surface area contributed by atoms with Gasteiger partial charge in [-0.3, -0.25) is 4.79 Å². The standard InChI is InChI=1S/C17H16F3NO3S/c1-16(2)14(22)12(13-11(24-16)7-8-25-13)21-15(23)9-3-5-10(6-4-9)17(18,19)20/h3-8,12,14,22H,1-2H3,(H,21,23). The second-order valence-electron chi connectivity index (χ2n) is 6.33. The summed E-state index contributed by atoms with van der Waals surface area (Å²) >= 11 is 1.33. The zero-order chi connectivity index (χ0) is 18.4. The molecule has 0 fully saturated rings. The maximum Gasteiger partial charge on any atom is 0.416 e. The van der Waals surface area contributed by atoms with E-state index >= 15 is 0 Å². The summed E-state index contributed by atoms with van der Waals surface area (Å²) in [6, 6.07) is 5.00. The highest BCUT2D eigenvalue weighted by atomic mass is 32.1. The second-order valence-corrected chi connectivity index (χ2v) is 7.27. The summed E-state index contributed by atoms with van der Waals surface area (Å²) < 4.78 is 43.6. The molecular weight excluding hydrogens is 355 g/mol. The molecule has 1 aliphatic rings. The number of ether oxygens (including phenoxy) is 1. The first-order chi connectivity index (χ1) is 11.6. The fraction of sp³-hybridized carbons (Fsp3) is 0.353. The normalized spacial score (nSPS) is 22.0. The molecule has 0 spiro atoms. The van der Waals surface area contributed by atoms with Gasteiger partial charge in [0.15, 0.2) is 0 Å². The molecule has 2 N–H and O–H groups in total. The van der Waals surface area contributed by atoms with Crippen LogP contribution in [-0.2, 0) is 6.18 Å². The average Bonchev–Trinajstić information content (AvgIpc) is 2.98. The molecule has 2 atom stereocenters. The van der Waals surface area contributed by atoms with Crippen molar-refractivity contribution in [2.24, 2.45) is 0 Å². The number of halogens is 3. The highest BCUT2D eigenvalue weighted by molar-refractivity contribution is 7.10. The number of alkyl halides is 3. The lowest BCUT2D eigenvalue weighted by atomic mass is 9.90. The maximum absolute atomic E-state index is 12.6. The monoisotopic (exact) mass is 371 g/mol. The van der Waals surface area contributed by atoms with E-state index in [4.69, 9.17) is 4.74 Å².